The van der Waals surface area contributed by atoms with E-state index in [4.69, 9.17) is 0 Å². The van der Waals surface area contributed by atoms with Crippen molar-refractivity contribution in [3.05, 3.63) is 48.0 Å². The van der Waals surface area contributed by atoms with Gasteiger partial charge in [-0.2, -0.15) is 0 Å². The van der Waals surface area contributed by atoms with E-state index in [0.717, 1.165) is 24.2 Å². The maximum Gasteiger partial charge on any atom is 0.182 e. The van der Waals surface area contributed by atoms with Crippen LogP contribution in [0.5, 0.6) is 0 Å². The van der Waals surface area contributed by atoms with Crippen LogP contribution in [0, 0.1) is 0 Å². The van der Waals surface area contributed by atoms with E-state index in [9.17, 15) is 0 Å². The Morgan fingerprint density at radius 2 is 2.10 bits per heavy atom. The van der Waals surface area contributed by atoms with Crippen LogP contribution in [0.1, 0.15) is 23.6 Å². The minimum absolute atomic E-state index is 0.237. The van der Waals surface area contributed by atoms with Crippen LogP contribution in [0.4, 0.5) is 5.82 Å². The molecule has 1 aliphatic carbocycles. The van der Waals surface area contributed by atoms with E-state index in [0.29, 0.717) is 10.5 Å². The first-order chi connectivity index (χ1) is 10.3. The minimum Gasteiger partial charge on any atom is -0.361 e. The smallest absolute Gasteiger partial charge is 0.182 e. The zero-order valence-corrected chi connectivity index (χ0v) is 12.8. The Bertz CT molecular complexity index is 784. The van der Waals surface area contributed by atoms with E-state index in [1.807, 2.05) is 0 Å². The van der Waals surface area contributed by atoms with Crippen molar-refractivity contribution in [2.24, 2.45) is 0 Å². The molecule has 0 saturated carbocycles. The molecule has 2 aromatic heterocycles. The Morgan fingerprint density at radius 3 is 3.05 bits per heavy atom. The van der Waals surface area contributed by atoms with Crippen LogP contribution in [0.15, 0.2) is 36.9 Å². The van der Waals surface area contributed by atoms with Gasteiger partial charge in [-0.15, -0.1) is 0 Å². The maximum atomic E-state index is 4.36. The van der Waals surface area contributed by atoms with Crippen LogP contribution >= 0.6 is 15.9 Å². The number of fused-ring (bicyclic) bond motifs is 2. The number of alkyl halides is 1. The average Bonchev–Trinajstić information content (AvgIpc) is 2.96. The SMILES string of the molecule is BrC1Cc2ccccc2C(Nc2ncnc3nc[nH]c23)C1. The summed E-state index contributed by atoms with van der Waals surface area (Å²) in [6.45, 7) is 0. The lowest BCUT2D eigenvalue weighted by Crippen LogP contribution is -2.24. The van der Waals surface area contributed by atoms with Crippen molar-refractivity contribution in [2.45, 2.75) is 23.7 Å². The number of aromatic nitrogens is 4. The number of rotatable bonds is 2. The second kappa shape index (κ2) is 5.11. The first kappa shape index (κ1) is 12.8. The first-order valence-electron chi connectivity index (χ1n) is 6.94. The normalized spacial score (nSPS) is 21.2. The second-order valence-electron chi connectivity index (χ2n) is 5.26. The molecule has 3 aromatic rings. The van der Waals surface area contributed by atoms with E-state index >= 15 is 0 Å². The van der Waals surface area contributed by atoms with Gasteiger partial charge in [0.15, 0.2) is 11.5 Å². The molecule has 0 saturated heterocycles. The number of hydrogen-bond donors (Lipinski definition) is 2. The van der Waals surface area contributed by atoms with Gasteiger partial charge in [-0.25, -0.2) is 15.0 Å². The van der Waals surface area contributed by atoms with Gasteiger partial charge in [0, 0.05) is 4.83 Å². The van der Waals surface area contributed by atoms with Gasteiger partial charge in [0.25, 0.3) is 0 Å². The van der Waals surface area contributed by atoms with Gasteiger partial charge in [0.2, 0.25) is 0 Å². The van der Waals surface area contributed by atoms with Gasteiger partial charge in [-0.1, -0.05) is 40.2 Å². The van der Waals surface area contributed by atoms with Crippen molar-refractivity contribution in [3.8, 4) is 0 Å². The molecule has 2 atom stereocenters. The zero-order valence-electron chi connectivity index (χ0n) is 11.3. The number of nitrogens with one attached hydrogen (secondary N) is 2. The molecular weight excluding hydrogens is 330 g/mol. The summed E-state index contributed by atoms with van der Waals surface area (Å²) >= 11 is 3.76. The molecule has 2 N–H and O–H groups in total. The quantitative estimate of drug-likeness (QED) is 0.701. The highest BCUT2D eigenvalue weighted by atomic mass is 79.9. The van der Waals surface area contributed by atoms with E-state index in [-0.39, 0.29) is 6.04 Å². The fraction of sp³-hybridized carbons (Fsp3) is 0.267. The molecule has 5 nitrogen and oxygen atoms in total. The van der Waals surface area contributed by atoms with Crippen LogP contribution in [0.2, 0.25) is 0 Å². The molecule has 2 unspecified atom stereocenters. The molecule has 1 aromatic carbocycles. The molecule has 6 heteroatoms. The Kier molecular flexibility index (Phi) is 3.11. The molecule has 2 heterocycles. The van der Waals surface area contributed by atoms with Crippen LogP contribution in [-0.2, 0) is 6.42 Å². The Balaban J connectivity index is 1.73. The molecule has 0 fully saturated rings. The largest absolute Gasteiger partial charge is 0.361 e. The van der Waals surface area contributed by atoms with Crippen LogP contribution in [-0.4, -0.2) is 24.8 Å². The number of benzene rings is 1. The molecule has 0 aliphatic heterocycles. The number of hydrogen-bond acceptors (Lipinski definition) is 4. The number of aromatic amines is 1. The fourth-order valence-electron chi connectivity index (χ4n) is 2.94. The predicted octanol–water partition coefficient (Wildman–Crippen LogP) is 3.22. The molecule has 0 spiro atoms. The summed E-state index contributed by atoms with van der Waals surface area (Å²) in [4.78, 5) is 16.3. The third-order valence-electron chi connectivity index (χ3n) is 3.90. The molecule has 4 rings (SSSR count). The monoisotopic (exact) mass is 343 g/mol. The second-order valence-corrected chi connectivity index (χ2v) is 6.55. The van der Waals surface area contributed by atoms with Crippen molar-refractivity contribution in [3.63, 3.8) is 0 Å². The van der Waals surface area contributed by atoms with E-state index in [1.54, 1.807) is 12.7 Å². The molecule has 106 valence electrons. The summed E-state index contributed by atoms with van der Waals surface area (Å²) in [7, 11) is 0. The van der Waals surface area contributed by atoms with Gasteiger partial charge in [-0.3, -0.25) is 0 Å². The molecule has 0 bridgehead atoms. The van der Waals surface area contributed by atoms with Crippen molar-refractivity contribution in [1.29, 1.82) is 0 Å². The Hall–Kier alpha value is -1.95. The van der Waals surface area contributed by atoms with Gasteiger partial charge in [0.05, 0.1) is 12.4 Å². The third kappa shape index (κ3) is 2.29. The summed E-state index contributed by atoms with van der Waals surface area (Å²) in [5.74, 6) is 0.805. The van der Waals surface area contributed by atoms with Gasteiger partial charge >= 0.3 is 0 Å². The van der Waals surface area contributed by atoms with Crippen LogP contribution < -0.4 is 5.32 Å². The highest BCUT2D eigenvalue weighted by molar-refractivity contribution is 9.09. The van der Waals surface area contributed by atoms with Crippen molar-refractivity contribution >= 4 is 32.9 Å². The fourth-order valence-corrected chi connectivity index (χ4v) is 3.66. The predicted molar refractivity (Wildman–Crippen MR) is 85.5 cm³/mol. The number of nitrogens with zero attached hydrogens (tertiary/aromatic N) is 3. The Labute approximate surface area is 130 Å². The topological polar surface area (TPSA) is 66.5 Å². The molecule has 21 heavy (non-hydrogen) atoms. The zero-order chi connectivity index (χ0) is 14.2. The first-order valence-corrected chi connectivity index (χ1v) is 7.85. The Morgan fingerprint density at radius 1 is 1.19 bits per heavy atom. The third-order valence-corrected chi connectivity index (χ3v) is 4.59. The molecule has 1 aliphatic rings. The summed E-state index contributed by atoms with van der Waals surface area (Å²) in [5.41, 5.74) is 4.27. The van der Waals surface area contributed by atoms with Gasteiger partial charge in [-0.05, 0) is 24.0 Å². The lowest BCUT2D eigenvalue weighted by Gasteiger charge is -2.29. The number of imidazole rings is 1. The van der Waals surface area contributed by atoms with Crippen molar-refractivity contribution < 1.29 is 0 Å². The number of H-pyrrole nitrogens is 1. The molecular formula is C15H14BrN5. The summed E-state index contributed by atoms with van der Waals surface area (Å²) < 4.78 is 0. The standard InChI is InChI=1S/C15H14BrN5/c16-10-5-9-3-1-2-4-11(9)12(6-10)21-15-13-14(18-7-17-13)19-8-20-15/h1-4,7-8,10,12H,5-6H2,(H2,17,18,19,20,21). The van der Waals surface area contributed by atoms with Gasteiger partial charge in [0.1, 0.15) is 11.8 Å². The summed E-state index contributed by atoms with van der Waals surface area (Å²) in [6.07, 6.45) is 5.28. The maximum absolute atomic E-state index is 4.36. The van der Waals surface area contributed by atoms with Crippen LogP contribution in [0.25, 0.3) is 11.2 Å². The number of anilines is 1. The molecule has 0 amide bonds. The highest BCUT2D eigenvalue weighted by Crippen LogP contribution is 2.35. The summed E-state index contributed by atoms with van der Waals surface area (Å²) in [6, 6.07) is 8.81. The average molecular weight is 344 g/mol. The molecule has 0 radical (unpaired) electrons. The lowest BCUT2D eigenvalue weighted by molar-refractivity contribution is 0.618. The van der Waals surface area contributed by atoms with Crippen molar-refractivity contribution in [2.75, 3.05) is 5.32 Å². The number of halogens is 1. The highest BCUT2D eigenvalue weighted by Gasteiger charge is 2.26. The van der Waals surface area contributed by atoms with E-state index in [1.165, 1.54) is 11.1 Å². The minimum atomic E-state index is 0.237. The van der Waals surface area contributed by atoms with Crippen molar-refractivity contribution in [1.82, 2.24) is 19.9 Å². The summed E-state index contributed by atoms with van der Waals surface area (Å²) in [5, 5.41) is 3.54. The van der Waals surface area contributed by atoms with E-state index in [2.05, 4.69) is 65.4 Å². The van der Waals surface area contributed by atoms with Gasteiger partial charge < -0.3 is 10.3 Å². The van der Waals surface area contributed by atoms with Crippen LogP contribution in [0.3, 0.4) is 0 Å². The van der Waals surface area contributed by atoms with E-state index < -0.39 is 0 Å². The lowest BCUT2D eigenvalue weighted by atomic mass is 9.87.